The number of nitrogens with zero attached hydrogens (tertiary/aromatic N) is 1. The molecule has 1 amide bonds. The van der Waals surface area contributed by atoms with Gasteiger partial charge in [0.2, 0.25) is 5.91 Å². The molecule has 0 spiro atoms. The number of benzene rings is 2. The molecule has 0 fully saturated rings. The fraction of sp³-hybridized carbons (Fsp3) is 0.125. The highest BCUT2D eigenvalue weighted by Crippen LogP contribution is 2.18. The van der Waals surface area contributed by atoms with Gasteiger partial charge in [-0.15, -0.1) is 0 Å². The van der Waals surface area contributed by atoms with Gasteiger partial charge in [0.1, 0.15) is 17.4 Å². The third-order valence-corrected chi connectivity index (χ3v) is 3.02. The number of nitrogens with one attached hydrogen (secondary N) is 1. The van der Waals surface area contributed by atoms with E-state index in [9.17, 15) is 9.18 Å². The van der Waals surface area contributed by atoms with Crippen molar-refractivity contribution in [1.29, 1.82) is 5.26 Å². The number of halogens is 1. The highest BCUT2D eigenvalue weighted by Gasteiger charge is 2.17. The summed E-state index contributed by atoms with van der Waals surface area (Å²) in [5.74, 6) is -1.13. The quantitative estimate of drug-likeness (QED) is 0.902. The van der Waals surface area contributed by atoms with E-state index in [4.69, 9.17) is 11.0 Å². The maximum absolute atomic E-state index is 13.4. The number of nitrogens with two attached hydrogens (primary N) is 1. The number of amides is 1. The second-order valence-electron chi connectivity index (χ2n) is 4.56. The maximum atomic E-state index is 13.4. The summed E-state index contributed by atoms with van der Waals surface area (Å²) in [6, 6.07) is 14.3. The minimum atomic E-state index is -0.776. The third kappa shape index (κ3) is 3.65. The minimum Gasteiger partial charge on any atom is -0.323 e. The molecular formula is C16H14FN3O. The summed E-state index contributed by atoms with van der Waals surface area (Å²) in [7, 11) is 0. The lowest BCUT2D eigenvalue weighted by Gasteiger charge is -2.13. The molecule has 0 bridgehead atoms. The van der Waals surface area contributed by atoms with E-state index < -0.39 is 17.8 Å². The molecule has 0 aliphatic rings. The first kappa shape index (κ1) is 14.7. The summed E-state index contributed by atoms with van der Waals surface area (Å²) in [5, 5.41) is 11.4. The molecule has 2 rings (SSSR count). The van der Waals surface area contributed by atoms with Gasteiger partial charge < -0.3 is 11.1 Å². The lowest BCUT2D eigenvalue weighted by atomic mass is 10.1. The highest BCUT2D eigenvalue weighted by molar-refractivity contribution is 5.96. The van der Waals surface area contributed by atoms with Crippen LogP contribution in [0.4, 0.5) is 10.1 Å². The van der Waals surface area contributed by atoms with Crippen LogP contribution in [-0.4, -0.2) is 11.9 Å². The Kier molecular flexibility index (Phi) is 4.64. The van der Waals surface area contributed by atoms with Crippen molar-refractivity contribution < 1.29 is 9.18 Å². The van der Waals surface area contributed by atoms with Crippen LogP contribution in [-0.2, 0) is 11.2 Å². The zero-order valence-electron chi connectivity index (χ0n) is 11.2. The molecule has 0 radical (unpaired) electrons. The molecule has 0 saturated heterocycles. The summed E-state index contributed by atoms with van der Waals surface area (Å²) in [6.45, 7) is 0. The van der Waals surface area contributed by atoms with Crippen molar-refractivity contribution in [2.75, 3.05) is 5.32 Å². The van der Waals surface area contributed by atoms with E-state index in [1.807, 2.05) is 30.3 Å². The van der Waals surface area contributed by atoms with Crippen LogP contribution in [0.15, 0.2) is 48.5 Å². The van der Waals surface area contributed by atoms with Crippen LogP contribution in [0.1, 0.15) is 11.1 Å². The molecule has 106 valence electrons. The second kappa shape index (κ2) is 6.64. The lowest BCUT2D eigenvalue weighted by Crippen LogP contribution is -2.37. The predicted octanol–water partition coefficient (Wildman–Crippen LogP) is 2.21. The first-order valence-corrected chi connectivity index (χ1v) is 6.41. The van der Waals surface area contributed by atoms with Crippen molar-refractivity contribution in [2.24, 2.45) is 5.73 Å². The molecule has 1 atom stereocenters. The van der Waals surface area contributed by atoms with E-state index in [0.717, 1.165) is 11.6 Å². The Bertz CT molecular complexity index is 680. The Balaban J connectivity index is 2.08. The topological polar surface area (TPSA) is 78.9 Å². The fourth-order valence-electron chi connectivity index (χ4n) is 1.93. The van der Waals surface area contributed by atoms with E-state index in [-0.39, 0.29) is 11.3 Å². The summed E-state index contributed by atoms with van der Waals surface area (Å²) >= 11 is 0. The molecule has 1 unspecified atom stereocenters. The van der Waals surface area contributed by atoms with Crippen LogP contribution in [0.5, 0.6) is 0 Å². The first-order chi connectivity index (χ1) is 10.1. The van der Waals surface area contributed by atoms with E-state index in [1.165, 1.54) is 12.1 Å². The van der Waals surface area contributed by atoms with Gasteiger partial charge in [0.15, 0.2) is 0 Å². The molecule has 3 N–H and O–H groups in total. The van der Waals surface area contributed by atoms with Gasteiger partial charge in [-0.05, 0) is 24.1 Å². The molecule has 4 nitrogen and oxygen atoms in total. The predicted molar refractivity (Wildman–Crippen MR) is 77.9 cm³/mol. The smallest absolute Gasteiger partial charge is 0.241 e. The molecule has 0 aliphatic carbocycles. The molecular weight excluding hydrogens is 269 g/mol. The number of hydrogen-bond donors (Lipinski definition) is 2. The van der Waals surface area contributed by atoms with Crippen molar-refractivity contribution in [3.8, 4) is 6.07 Å². The summed E-state index contributed by atoms with van der Waals surface area (Å²) in [6.07, 6.45) is 0.365. The third-order valence-electron chi connectivity index (χ3n) is 3.02. The van der Waals surface area contributed by atoms with Crippen molar-refractivity contribution in [3.63, 3.8) is 0 Å². The maximum Gasteiger partial charge on any atom is 0.241 e. The van der Waals surface area contributed by atoms with Gasteiger partial charge in [-0.25, -0.2) is 4.39 Å². The van der Waals surface area contributed by atoms with Crippen LogP contribution in [0.25, 0.3) is 0 Å². The zero-order valence-corrected chi connectivity index (χ0v) is 11.2. The molecule has 0 aliphatic heterocycles. The standard InChI is InChI=1S/C16H14FN3O/c17-13-7-4-8-15(12(13)10-18)20-16(21)14(19)9-11-5-2-1-3-6-11/h1-8,14H,9,19H2,(H,20,21). The number of anilines is 1. The van der Waals surface area contributed by atoms with Crippen LogP contribution in [0.2, 0.25) is 0 Å². The van der Waals surface area contributed by atoms with Crippen molar-refractivity contribution in [3.05, 3.63) is 65.5 Å². The Labute approximate surface area is 122 Å². The van der Waals surface area contributed by atoms with Crippen LogP contribution in [0.3, 0.4) is 0 Å². The Morgan fingerprint density at radius 3 is 2.62 bits per heavy atom. The average Bonchev–Trinajstić information content (AvgIpc) is 2.48. The monoisotopic (exact) mass is 283 g/mol. The number of hydrogen-bond acceptors (Lipinski definition) is 3. The highest BCUT2D eigenvalue weighted by atomic mass is 19.1. The van der Waals surface area contributed by atoms with E-state index in [0.29, 0.717) is 6.42 Å². The zero-order chi connectivity index (χ0) is 15.2. The summed E-state index contributed by atoms with van der Waals surface area (Å²) < 4.78 is 13.4. The molecule has 2 aromatic rings. The SMILES string of the molecule is N#Cc1c(F)cccc1NC(=O)C(N)Cc1ccccc1. The van der Waals surface area contributed by atoms with Crippen molar-refractivity contribution in [2.45, 2.75) is 12.5 Å². The van der Waals surface area contributed by atoms with E-state index in [2.05, 4.69) is 5.32 Å². The van der Waals surface area contributed by atoms with Gasteiger partial charge in [0.25, 0.3) is 0 Å². The molecule has 21 heavy (non-hydrogen) atoms. The van der Waals surface area contributed by atoms with Gasteiger partial charge in [0.05, 0.1) is 11.7 Å². The van der Waals surface area contributed by atoms with E-state index >= 15 is 0 Å². The van der Waals surface area contributed by atoms with Gasteiger partial charge in [-0.1, -0.05) is 36.4 Å². The Hall–Kier alpha value is -2.71. The molecule has 5 heteroatoms. The fourth-order valence-corrected chi connectivity index (χ4v) is 1.93. The van der Waals surface area contributed by atoms with Crippen molar-refractivity contribution >= 4 is 11.6 Å². The van der Waals surface area contributed by atoms with Gasteiger partial charge >= 0.3 is 0 Å². The van der Waals surface area contributed by atoms with Gasteiger partial charge in [-0.3, -0.25) is 4.79 Å². The Morgan fingerprint density at radius 2 is 1.95 bits per heavy atom. The second-order valence-corrected chi connectivity index (χ2v) is 4.56. The van der Waals surface area contributed by atoms with E-state index in [1.54, 1.807) is 6.07 Å². The van der Waals surface area contributed by atoms with Gasteiger partial charge in [-0.2, -0.15) is 5.26 Å². The Morgan fingerprint density at radius 1 is 1.24 bits per heavy atom. The number of carbonyl (C=O) groups is 1. The lowest BCUT2D eigenvalue weighted by molar-refractivity contribution is -0.117. The van der Waals surface area contributed by atoms with Crippen LogP contribution < -0.4 is 11.1 Å². The number of carbonyl (C=O) groups excluding carboxylic acids is 1. The van der Waals surface area contributed by atoms with Crippen LogP contribution >= 0.6 is 0 Å². The molecule has 0 aromatic heterocycles. The summed E-state index contributed by atoms with van der Waals surface area (Å²) in [5.41, 5.74) is 6.70. The van der Waals surface area contributed by atoms with Crippen LogP contribution in [0, 0.1) is 17.1 Å². The number of nitriles is 1. The molecule has 2 aromatic carbocycles. The molecule has 0 saturated carbocycles. The summed E-state index contributed by atoms with van der Waals surface area (Å²) in [4.78, 5) is 12.0. The first-order valence-electron chi connectivity index (χ1n) is 6.41. The van der Waals surface area contributed by atoms with Crippen molar-refractivity contribution in [1.82, 2.24) is 0 Å². The molecule has 0 heterocycles. The minimum absolute atomic E-state index is 0.131. The average molecular weight is 283 g/mol. The normalized spacial score (nSPS) is 11.5. The van der Waals surface area contributed by atoms with Gasteiger partial charge in [0, 0.05) is 0 Å². The largest absolute Gasteiger partial charge is 0.323 e. The number of rotatable bonds is 4.